The molecule has 0 fully saturated rings. The average Bonchev–Trinajstić information content (AvgIpc) is 2.33. The smallest absolute Gasteiger partial charge is 0.404 e. The molecule has 0 saturated heterocycles. The number of rotatable bonds is 8. The lowest BCUT2D eigenvalue weighted by Crippen LogP contribution is -2.13. The molecule has 0 aromatic heterocycles. The number of ether oxygens (including phenoxy) is 2. The Morgan fingerprint density at radius 2 is 1.76 bits per heavy atom. The van der Waals surface area contributed by atoms with E-state index in [9.17, 15) is 4.79 Å². The molecule has 1 rings (SSSR count). The van der Waals surface area contributed by atoms with Crippen LogP contribution in [0.3, 0.4) is 0 Å². The van der Waals surface area contributed by atoms with Crippen LogP contribution >= 0.6 is 0 Å². The van der Waals surface area contributed by atoms with Crippen molar-refractivity contribution in [3.05, 3.63) is 35.9 Å². The van der Waals surface area contributed by atoms with Crippen molar-refractivity contribution >= 4 is 6.09 Å². The van der Waals surface area contributed by atoms with E-state index in [1.807, 2.05) is 30.3 Å². The van der Waals surface area contributed by atoms with Gasteiger partial charge >= 0.3 is 6.09 Å². The fraction of sp³-hybridized carbons (Fsp3) is 0.462. The summed E-state index contributed by atoms with van der Waals surface area (Å²) in [6, 6.07) is 10.1. The maximum absolute atomic E-state index is 10.3. The minimum Gasteiger partial charge on any atom is -0.450 e. The quantitative estimate of drug-likeness (QED) is 0.706. The van der Waals surface area contributed by atoms with Crippen LogP contribution in [0.15, 0.2) is 30.3 Å². The molecule has 0 atom stereocenters. The van der Waals surface area contributed by atoms with Crippen LogP contribution < -0.4 is 5.73 Å². The number of hydrogen-bond donors (Lipinski definition) is 1. The summed E-state index contributed by atoms with van der Waals surface area (Å²) < 4.78 is 10.1. The minimum absolute atomic E-state index is 0.397. The number of amides is 1. The Morgan fingerprint density at radius 1 is 1.06 bits per heavy atom. The largest absolute Gasteiger partial charge is 0.450 e. The van der Waals surface area contributed by atoms with Crippen LogP contribution in [0.4, 0.5) is 4.79 Å². The Balaban J connectivity index is 1.90. The highest BCUT2D eigenvalue weighted by atomic mass is 16.5. The molecule has 2 N–H and O–H groups in total. The number of hydrogen-bond acceptors (Lipinski definition) is 3. The van der Waals surface area contributed by atoms with Crippen molar-refractivity contribution in [2.75, 3.05) is 13.2 Å². The van der Waals surface area contributed by atoms with Gasteiger partial charge in [-0.05, 0) is 24.8 Å². The zero-order valence-electron chi connectivity index (χ0n) is 9.93. The van der Waals surface area contributed by atoms with Gasteiger partial charge in [0.1, 0.15) is 0 Å². The second kappa shape index (κ2) is 8.58. The molecule has 1 aromatic rings. The lowest BCUT2D eigenvalue weighted by molar-refractivity contribution is 0.114. The number of nitrogens with two attached hydrogens (primary N) is 1. The molecule has 4 heteroatoms. The maximum atomic E-state index is 10.3. The van der Waals surface area contributed by atoms with E-state index in [0.717, 1.165) is 25.9 Å². The first-order chi connectivity index (χ1) is 8.29. The zero-order chi connectivity index (χ0) is 12.3. The van der Waals surface area contributed by atoms with Crippen LogP contribution in [0.25, 0.3) is 0 Å². The van der Waals surface area contributed by atoms with Gasteiger partial charge in [0, 0.05) is 6.61 Å². The lowest BCUT2D eigenvalue weighted by Gasteiger charge is -2.04. The number of unbranched alkanes of at least 4 members (excludes halogenated alkanes) is 2. The Kier molecular flexibility index (Phi) is 6.82. The van der Waals surface area contributed by atoms with Crippen molar-refractivity contribution in [1.82, 2.24) is 0 Å². The molecule has 4 nitrogen and oxygen atoms in total. The second-order valence-electron chi connectivity index (χ2n) is 3.77. The SMILES string of the molecule is NC(=O)OCCCCCOCc1ccccc1. The molecule has 0 aliphatic rings. The van der Waals surface area contributed by atoms with E-state index < -0.39 is 6.09 Å². The summed E-state index contributed by atoms with van der Waals surface area (Å²) in [5.41, 5.74) is 6.02. The standard InChI is InChI=1S/C13H19NO3/c14-13(15)17-10-6-2-5-9-16-11-12-7-3-1-4-8-12/h1,3-4,7-8H,2,5-6,9-11H2,(H2,14,15). The molecular formula is C13H19NO3. The molecule has 0 spiro atoms. The number of carbonyl (C=O) groups excluding carboxylic acids is 1. The summed E-state index contributed by atoms with van der Waals surface area (Å²) in [6.07, 6.45) is 2.07. The van der Waals surface area contributed by atoms with Crippen molar-refractivity contribution in [1.29, 1.82) is 0 Å². The first-order valence-corrected chi connectivity index (χ1v) is 5.83. The third kappa shape index (κ3) is 7.36. The van der Waals surface area contributed by atoms with Crippen LogP contribution in [0.1, 0.15) is 24.8 Å². The first-order valence-electron chi connectivity index (χ1n) is 5.83. The fourth-order valence-corrected chi connectivity index (χ4v) is 1.42. The Hall–Kier alpha value is -1.55. The van der Waals surface area contributed by atoms with Gasteiger partial charge in [-0.3, -0.25) is 0 Å². The molecule has 1 amide bonds. The minimum atomic E-state index is -0.703. The van der Waals surface area contributed by atoms with Gasteiger partial charge in [0.2, 0.25) is 0 Å². The summed E-state index contributed by atoms with van der Waals surface area (Å²) in [7, 11) is 0. The average molecular weight is 237 g/mol. The van der Waals surface area contributed by atoms with Crippen LogP contribution in [0.5, 0.6) is 0 Å². The van der Waals surface area contributed by atoms with E-state index >= 15 is 0 Å². The Bertz CT molecular complexity index is 314. The van der Waals surface area contributed by atoms with E-state index in [4.69, 9.17) is 10.5 Å². The van der Waals surface area contributed by atoms with Crippen LogP contribution in [-0.4, -0.2) is 19.3 Å². The predicted molar refractivity (Wildman–Crippen MR) is 65.5 cm³/mol. The van der Waals surface area contributed by atoms with Gasteiger partial charge in [-0.25, -0.2) is 4.79 Å². The van der Waals surface area contributed by atoms with Crippen LogP contribution in [0.2, 0.25) is 0 Å². The summed E-state index contributed by atoms with van der Waals surface area (Å²) in [5, 5.41) is 0. The second-order valence-corrected chi connectivity index (χ2v) is 3.77. The van der Waals surface area contributed by atoms with Gasteiger partial charge in [-0.15, -0.1) is 0 Å². The molecule has 0 heterocycles. The summed E-state index contributed by atoms with van der Waals surface area (Å²) in [4.78, 5) is 10.3. The third-order valence-electron chi connectivity index (χ3n) is 2.29. The number of carbonyl (C=O) groups is 1. The highest BCUT2D eigenvalue weighted by molar-refractivity contribution is 5.64. The van der Waals surface area contributed by atoms with Gasteiger partial charge in [-0.2, -0.15) is 0 Å². The molecule has 0 radical (unpaired) electrons. The third-order valence-corrected chi connectivity index (χ3v) is 2.29. The number of benzene rings is 1. The molecule has 0 saturated carbocycles. The Labute approximate surface area is 102 Å². The molecule has 0 bridgehead atoms. The van der Waals surface area contributed by atoms with Crippen molar-refractivity contribution in [3.8, 4) is 0 Å². The molecule has 17 heavy (non-hydrogen) atoms. The van der Waals surface area contributed by atoms with Gasteiger partial charge in [0.25, 0.3) is 0 Å². The number of primary amides is 1. The first kappa shape index (κ1) is 13.5. The van der Waals surface area contributed by atoms with Crippen molar-refractivity contribution in [2.24, 2.45) is 5.73 Å². The van der Waals surface area contributed by atoms with Gasteiger partial charge < -0.3 is 15.2 Å². The van der Waals surface area contributed by atoms with Crippen molar-refractivity contribution < 1.29 is 14.3 Å². The topological polar surface area (TPSA) is 61.6 Å². The predicted octanol–water partition coefficient (Wildman–Crippen LogP) is 2.47. The Morgan fingerprint density at radius 3 is 2.47 bits per heavy atom. The molecule has 0 aliphatic carbocycles. The molecule has 0 unspecified atom stereocenters. The van der Waals surface area contributed by atoms with Crippen LogP contribution in [0, 0.1) is 0 Å². The molecular weight excluding hydrogens is 218 g/mol. The van der Waals surface area contributed by atoms with E-state index in [-0.39, 0.29) is 0 Å². The molecule has 94 valence electrons. The van der Waals surface area contributed by atoms with Crippen molar-refractivity contribution in [2.45, 2.75) is 25.9 Å². The monoisotopic (exact) mass is 237 g/mol. The lowest BCUT2D eigenvalue weighted by atomic mass is 10.2. The van der Waals surface area contributed by atoms with E-state index in [1.54, 1.807) is 0 Å². The van der Waals surface area contributed by atoms with E-state index in [0.29, 0.717) is 13.2 Å². The summed E-state index contributed by atoms with van der Waals surface area (Å²) in [6.45, 7) is 1.78. The highest BCUT2D eigenvalue weighted by Crippen LogP contribution is 2.02. The van der Waals surface area contributed by atoms with Crippen molar-refractivity contribution in [3.63, 3.8) is 0 Å². The highest BCUT2D eigenvalue weighted by Gasteiger charge is 1.95. The summed E-state index contributed by atoms with van der Waals surface area (Å²) in [5.74, 6) is 0. The maximum Gasteiger partial charge on any atom is 0.404 e. The zero-order valence-corrected chi connectivity index (χ0v) is 9.93. The van der Waals surface area contributed by atoms with Gasteiger partial charge in [0.15, 0.2) is 0 Å². The van der Waals surface area contributed by atoms with Crippen LogP contribution in [-0.2, 0) is 16.1 Å². The van der Waals surface area contributed by atoms with Gasteiger partial charge in [0.05, 0.1) is 13.2 Å². The molecule has 0 aliphatic heterocycles. The summed E-state index contributed by atoms with van der Waals surface area (Å²) >= 11 is 0. The van der Waals surface area contributed by atoms with Gasteiger partial charge in [-0.1, -0.05) is 30.3 Å². The van der Waals surface area contributed by atoms with E-state index in [2.05, 4.69) is 4.74 Å². The fourth-order valence-electron chi connectivity index (χ4n) is 1.42. The van der Waals surface area contributed by atoms with E-state index in [1.165, 1.54) is 5.56 Å². The molecule has 1 aromatic carbocycles. The normalized spacial score (nSPS) is 10.1.